The summed E-state index contributed by atoms with van der Waals surface area (Å²) in [6, 6.07) is 68.0. The quantitative estimate of drug-likeness (QED) is 0.164. The van der Waals surface area contributed by atoms with E-state index in [-0.39, 0.29) is 6.71 Å². The van der Waals surface area contributed by atoms with Gasteiger partial charge in [-0.05, 0) is 109 Å². The number of nitrogens with zero attached hydrogens (tertiary/aromatic N) is 4. The molecular weight excluding hydrogens is 695 g/mol. The monoisotopic (exact) mass is 732 g/mol. The van der Waals surface area contributed by atoms with E-state index in [4.69, 9.17) is 4.42 Å². The first-order valence-electron chi connectivity index (χ1n) is 19.7. The molecule has 9 aromatic rings. The normalized spacial score (nSPS) is 14.5. The van der Waals surface area contributed by atoms with Crippen molar-refractivity contribution in [2.75, 3.05) is 19.6 Å². The highest BCUT2D eigenvalue weighted by molar-refractivity contribution is 7.00. The summed E-state index contributed by atoms with van der Waals surface area (Å²) in [5.74, 6) is 0. The Balaban J connectivity index is 1.22. The molecule has 3 aliphatic rings. The second-order valence-electron chi connectivity index (χ2n) is 15.7. The first kappa shape index (κ1) is 32.1. The van der Waals surface area contributed by atoms with Crippen LogP contribution in [0.1, 0.15) is 13.8 Å². The Morgan fingerprint density at radius 1 is 0.474 bits per heavy atom. The van der Waals surface area contributed by atoms with Crippen LogP contribution in [-0.2, 0) is 0 Å². The van der Waals surface area contributed by atoms with E-state index in [2.05, 4.69) is 222 Å². The standard InChI is InChI=1S/C51H37BN4O/c1-51(2)55(37-24-13-6-14-25-37)45-33-38(53(34-18-7-3-8-19-34)35-20-9-4-10-21-35)32-42-48(45)56(51)44-28-17-27-43-47(44)52(42)41-31-30-40-39-26-15-16-29-46(39)57-50(40)49(41)54(43)36-22-11-5-12-23-36/h3-33H,1-2H3. The molecule has 12 rings (SSSR count). The summed E-state index contributed by atoms with van der Waals surface area (Å²) in [6.45, 7) is 4.64. The Hall–Kier alpha value is -7.18. The van der Waals surface area contributed by atoms with Crippen LogP contribution in [0.5, 0.6) is 0 Å². The van der Waals surface area contributed by atoms with Crippen LogP contribution in [0.2, 0.25) is 0 Å². The van der Waals surface area contributed by atoms with Gasteiger partial charge < -0.3 is 24.0 Å². The molecule has 0 N–H and O–H groups in total. The molecule has 57 heavy (non-hydrogen) atoms. The first-order chi connectivity index (χ1) is 28.1. The van der Waals surface area contributed by atoms with Crippen molar-refractivity contribution in [2.45, 2.75) is 19.5 Å². The summed E-state index contributed by atoms with van der Waals surface area (Å²) in [7, 11) is 0. The number of para-hydroxylation sites is 5. The molecule has 4 heterocycles. The van der Waals surface area contributed by atoms with Gasteiger partial charge in [0.25, 0.3) is 6.71 Å². The van der Waals surface area contributed by atoms with E-state index < -0.39 is 5.66 Å². The third-order valence-corrected chi connectivity index (χ3v) is 12.2. The summed E-state index contributed by atoms with van der Waals surface area (Å²) in [4.78, 5) is 9.99. The molecule has 0 atom stereocenters. The van der Waals surface area contributed by atoms with Gasteiger partial charge in [0.2, 0.25) is 0 Å². The summed E-state index contributed by atoms with van der Waals surface area (Å²) < 4.78 is 6.92. The lowest BCUT2D eigenvalue weighted by Gasteiger charge is -2.47. The average Bonchev–Trinajstić information content (AvgIpc) is 3.75. The van der Waals surface area contributed by atoms with Crippen molar-refractivity contribution in [1.82, 2.24) is 0 Å². The molecule has 0 spiro atoms. The van der Waals surface area contributed by atoms with Crippen molar-refractivity contribution in [3.63, 3.8) is 0 Å². The van der Waals surface area contributed by atoms with Crippen molar-refractivity contribution in [3.05, 3.63) is 188 Å². The van der Waals surface area contributed by atoms with E-state index in [0.717, 1.165) is 56.1 Å². The molecule has 0 unspecified atom stereocenters. The minimum Gasteiger partial charge on any atom is -0.454 e. The Kier molecular flexibility index (Phi) is 6.71. The second kappa shape index (κ2) is 11.9. The molecule has 1 aromatic heterocycles. The van der Waals surface area contributed by atoms with Gasteiger partial charge in [0.1, 0.15) is 11.2 Å². The molecule has 0 amide bonds. The van der Waals surface area contributed by atoms with E-state index in [1.54, 1.807) is 0 Å². The van der Waals surface area contributed by atoms with E-state index in [9.17, 15) is 0 Å². The molecule has 0 fully saturated rings. The summed E-state index contributed by atoms with van der Waals surface area (Å²) in [5, 5.41) is 2.25. The maximum Gasteiger partial charge on any atom is 0.252 e. The van der Waals surface area contributed by atoms with Crippen LogP contribution in [-0.4, -0.2) is 12.4 Å². The zero-order valence-electron chi connectivity index (χ0n) is 31.7. The molecule has 0 radical (unpaired) electrons. The minimum atomic E-state index is -0.456. The second-order valence-corrected chi connectivity index (χ2v) is 15.7. The van der Waals surface area contributed by atoms with Crippen LogP contribution in [0.4, 0.5) is 56.9 Å². The van der Waals surface area contributed by atoms with Gasteiger partial charge in [-0.2, -0.15) is 0 Å². The lowest BCUT2D eigenvalue weighted by atomic mass is 9.33. The van der Waals surface area contributed by atoms with Crippen LogP contribution in [0.25, 0.3) is 21.9 Å². The number of rotatable bonds is 5. The van der Waals surface area contributed by atoms with Crippen LogP contribution in [0.3, 0.4) is 0 Å². The molecule has 270 valence electrons. The summed E-state index contributed by atoms with van der Waals surface area (Å²) >= 11 is 0. The van der Waals surface area contributed by atoms with Gasteiger partial charge in [0.15, 0.2) is 5.58 Å². The smallest absolute Gasteiger partial charge is 0.252 e. The first-order valence-corrected chi connectivity index (χ1v) is 19.7. The molecule has 6 heteroatoms. The molecule has 5 nitrogen and oxygen atoms in total. The highest BCUT2D eigenvalue weighted by Crippen LogP contribution is 2.56. The third kappa shape index (κ3) is 4.47. The van der Waals surface area contributed by atoms with Crippen LogP contribution < -0.4 is 36.0 Å². The number of benzene rings is 8. The lowest BCUT2D eigenvalue weighted by molar-refractivity contribution is 0.541. The lowest BCUT2D eigenvalue weighted by Crippen LogP contribution is -2.63. The van der Waals surface area contributed by atoms with Crippen molar-refractivity contribution in [2.24, 2.45) is 0 Å². The number of anilines is 10. The van der Waals surface area contributed by atoms with Crippen molar-refractivity contribution in [1.29, 1.82) is 0 Å². The van der Waals surface area contributed by atoms with E-state index in [1.165, 1.54) is 39.1 Å². The number of furan rings is 1. The third-order valence-electron chi connectivity index (χ3n) is 12.2. The Morgan fingerprint density at radius 2 is 1.09 bits per heavy atom. The predicted molar refractivity (Wildman–Crippen MR) is 239 cm³/mol. The minimum absolute atomic E-state index is 0.0753. The number of fused-ring (bicyclic) bond motifs is 8. The SMILES string of the molecule is CC1(C)N(c2ccccc2)c2cc(N(c3ccccc3)c3ccccc3)cc3c2N1c1cccc2c1B3c1ccc3c(oc4ccccc43)c1N2c1ccccc1. The highest BCUT2D eigenvalue weighted by Gasteiger charge is 2.53. The molecule has 0 aliphatic carbocycles. The summed E-state index contributed by atoms with van der Waals surface area (Å²) in [6.07, 6.45) is 0. The number of hydrogen-bond donors (Lipinski definition) is 0. The van der Waals surface area contributed by atoms with Gasteiger partial charge in [-0.1, -0.05) is 109 Å². The Bertz CT molecular complexity index is 2980. The predicted octanol–water partition coefficient (Wildman–Crippen LogP) is 11.7. The number of hydrogen-bond acceptors (Lipinski definition) is 5. The Morgan fingerprint density at radius 3 is 1.79 bits per heavy atom. The average molecular weight is 733 g/mol. The molecule has 0 bridgehead atoms. The van der Waals surface area contributed by atoms with E-state index in [1.807, 2.05) is 0 Å². The van der Waals surface area contributed by atoms with Crippen LogP contribution >= 0.6 is 0 Å². The largest absolute Gasteiger partial charge is 0.454 e. The van der Waals surface area contributed by atoms with Gasteiger partial charge >= 0.3 is 0 Å². The van der Waals surface area contributed by atoms with Crippen molar-refractivity contribution >= 4 is 102 Å². The van der Waals surface area contributed by atoms with Crippen molar-refractivity contribution < 1.29 is 4.42 Å². The summed E-state index contributed by atoms with van der Waals surface area (Å²) in [5.41, 5.74) is 16.6. The van der Waals surface area contributed by atoms with Gasteiger partial charge in [0, 0.05) is 50.6 Å². The topological polar surface area (TPSA) is 26.1 Å². The van der Waals surface area contributed by atoms with Gasteiger partial charge in [-0.3, -0.25) is 0 Å². The maximum absolute atomic E-state index is 6.92. The van der Waals surface area contributed by atoms with E-state index >= 15 is 0 Å². The van der Waals surface area contributed by atoms with Gasteiger partial charge in [-0.15, -0.1) is 0 Å². The van der Waals surface area contributed by atoms with Crippen LogP contribution in [0.15, 0.2) is 192 Å². The van der Waals surface area contributed by atoms with E-state index in [0.29, 0.717) is 0 Å². The molecule has 0 saturated heterocycles. The fourth-order valence-electron chi connectivity index (χ4n) is 10.0. The van der Waals surface area contributed by atoms with Crippen molar-refractivity contribution in [3.8, 4) is 0 Å². The highest BCUT2D eigenvalue weighted by atomic mass is 16.3. The van der Waals surface area contributed by atoms with Gasteiger partial charge in [0.05, 0.1) is 17.1 Å². The molecule has 3 aliphatic heterocycles. The fourth-order valence-corrected chi connectivity index (χ4v) is 10.0. The molecular formula is C51H37BN4O. The zero-order chi connectivity index (χ0) is 37.8. The zero-order valence-corrected chi connectivity index (χ0v) is 31.7. The Labute approximate surface area is 332 Å². The fraction of sp³-hybridized carbons (Fsp3) is 0.0588. The molecule has 0 saturated carbocycles. The maximum atomic E-state index is 6.92. The van der Waals surface area contributed by atoms with Gasteiger partial charge in [-0.25, -0.2) is 0 Å². The van der Waals surface area contributed by atoms with Crippen LogP contribution in [0, 0.1) is 0 Å². The molecule has 8 aromatic carbocycles.